The Balaban J connectivity index is 2.20. The summed E-state index contributed by atoms with van der Waals surface area (Å²) in [6, 6.07) is 6.90. The van der Waals surface area contributed by atoms with Gasteiger partial charge in [-0.15, -0.1) is 6.58 Å². The van der Waals surface area contributed by atoms with Gasteiger partial charge in [0.1, 0.15) is 6.10 Å². The lowest BCUT2D eigenvalue weighted by Gasteiger charge is -2.11. The number of benzene rings is 1. The largest absolute Gasteiger partial charge is 0.384 e. The zero-order chi connectivity index (χ0) is 13.1. The van der Waals surface area contributed by atoms with Crippen LogP contribution in [0.2, 0.25) is 5.02 Å². The molecule has 0 amide bonds. The summed E-state index contributed by atoms with van der Waals surface area (Å²) in [5.74, 6) is 0.191. The number of rotatable bonds is 4. The fourth-order valence-electron chi connectivity index (χ4n) is 2.20. The smallest absolute Gasteiger partial charge is 0.162 e. The monoisotopic (exact) mass is 262 g/mol. The van der Waals surface area contributed by atoms with Crippen molar-refractivity contribution in [2.24, 2.45) is 5.92 Å². The first-order valence-corrected chi connectivity index (χ1v) is 6.29. The highest BCUT2D eigenvalue weighted by Crippen LogP contribution is 2.32. The van der Waals surface area contributed by atoms with Crippen molar-refractivity contribution in [2.45, 2.75) is 18.9 Å². The average molecular weight is 263 g/mol. The predicted octanol–water partition coefficient (Wildman–Crippen LogP) is 3.46. The van der Waals surface area contributed by atoms with Gasteiger partial charge in [-0.1, -0.05) is 35.9 Å². The molecule has 1 aromatic rings. The molecule has 0 fully saturated rings. The number of carbonyl (C=O) groups is 1. The van der Waals surface area contributed by atoms with Crippen molar-refractivity contribution in [1.82, 2.24) is 0 Å². The van der Waals surface area contributed by atoms with Crippen LogP contribution in [0.4, 0.5) is 0 Å². The van der Waals surface area contributed by atoms with E-state index in [4.69, 9.17) is 11.6 Å². The maximum Gasteiger partial charge on any atom is 0.162 e. The molecule has 94 valence electrons. The fraction of sp³-hybridized carbons (Fsp3) is 0.267. The molecule has 0 spiro atoms. The van der Waals surface area contributed by atoms with Gasteiger partial charge >= 0.3 is 0 Å². The summed E-state index contributed by atoms with van der Waals surface area (Å²) in [5, 5.41) is 10.8. The van der Waals surface area contributed by atoms with E-state index in [-0.39, 0.29) is 11.7 Å². The summed E-state index contributed by atoms with van der Waals surface area (Å²) in [6.45, 7) is 3.67. The summed E-state index contributed by atoms with van der Waals surface area (Å²) in [7, 11) is 0. The van der Waals surface area contributed by atoms with Gasteiger partial charge < -0.3 is 5.11 Å². The van der Waals surface area contributed by atoms with E-state index in [1.807, 2.05) is 6.08 Å². The third kappa shape index (κ3) is 2.71. The molecule has 2 rings (SSSR count). The Morgan fingerprint density at radius 1 is 1.44 bits per heavy atom. The molecule has 0 saturated carbocycles. The van der Waals surface area contributed by atoms with Crippen LogP contribution in [0.5, 0.6) is 0 Å². The van der Waals surface area contributed by atoms with E-state index >= 15 is 0 Å². The van der Waals surface area contributed by atoms with Crippen LogP contribution < -0.4 is 0 Å². The SMILES string of the molecule is C=CCC1C=C(C(O)c2ccc(Cl)cc2)C(=O)C1. The van der Waals surface area contributed by atoms with Gasteiger partial charge in [-0.2, -0.15) is 0 Å². The second kappa shape index (κ2) is 5.51. The number of carbonyl (C=O) groups excluding carboxylic acids is 1. The van der Waals surface area contributed by atoms with E-state index in [0.29, 0.717) is 22.6 Å². The molecule has 0 radical (unpaired) electrons. The van der Waals surface area contributed by atoms with E-state index in [1.165, 1.54) is 0 Å². The summed E-state index contributed by atoms with van der Waals surface area (Å²) in [4.78, 5) is 11.9. The van der Waals surface area contributed by atoms with Crippen molar-refractivity contribution >= 4 is 17.4 Å². The number of aliphatic hydroxyl groups is 1. The van der Waals surface area contributed by atoms with E-state index in [1.54, 1.807) is 30.3 Å². The summed E-state index contributed by atoms with van der Waals surface area (Å²) in [5.41, 5.74) is 1.18. The van der Waals surface area contributed by atoms with Gasteiger partial charge in [0.15, 0.2) is 5.78 Å². The van der Waals surface area contributed by atoms with E-state index in [0.717, 1.165) is 6.42 Å². The maximum absolute atomic E-state index is 11.9. The molecule has 2 atom stereocenters. The van der Waals surface area contributed by atoms with Crippen LogP contribution in [0.3, 0.4) is 0 Å². The molecule has 0 heterocycles. The Morgan fingerprint density at radius 2 is 2.11 bits per heavy atom. The molecule has 1 aliphatic carbocycles. The second-order valence-corrected chi connectivity index (χ2v) is 4.92. The Labute approximate surface area is 112 Å². The van der Waals surface area contributed by atoms with Crippen LogP contribution in [0.25, 0.3) is 0 Å². The van der Waals surface area contributed by atoms with E-state index in [2.05, 4.69) is 6.58 Å². The minimum atomic E-state index is -0.857. The van der Waals surface area contributed by atoms with Crippen molar-refractivity contribution in [2.75, 3.05) is 0 Å². The molecule has 2 unspecified atom stereocenters. The minimum absolute atomic E-state index is 0.0179. The third-order valence-corrected chi connectivity index (χ3v) is 3.39. The molecule has 1 aliphatic rings. The number of ketones is 1. The number of aliphatic hydroxyl groups excluding tert-OH is 1. The van der Waals surface area contributed by atoms with Gasteiger partial charge in [-0.05, 0) is 30.0 Å². The molecular formula is C15H15ClO2. The molecular weight excluding hydrogens is 248 g/mol. The molecule has 1 aromatic carbocycles. The molecule has 0 aromatic heterocycles. The van der Waals surface area contributed by atoms with E-state index < -0.39 is 6.10 Å². The van der Waals surface area contributed by atoms with Gasteiger partial charge in [0.05, 0.1) is 0 Å². The lowest BCUT2D eigenvalue weighted by molar-refractivity contribution is -0.116. The first kappa shape index (κ1) is 13.1. The van der Waals surface area contributed by atoms with Gasteiger partial charge in [-0.25, -0.2) is 0 Å². The van der Waals surface area contributed by atoms with Gasteiger partial charge in [-0.3, -0.25) is 4.79 Å². The van der Waals surface area contributed by atoms with Crippen LogP contribution >= 0.6 is 11.6 Å². The molecule has 1 N–H and O–H groups in total. The van der Waals surface area contributed by atoms with Crippen LogP contribution in [0, 0.1) is 5.92 Å². The number of hydrogen-bond donors (Lipinski definition) is 1. The lowest BCUT2D eigenvalue weighted by atomic mass is 10.0. The highest BCUT2D eigenvalue weighted by molar-refractivity contribution is 6.30. The fourth-order valence-corrected chi connectivity index (χ4v) is 2.32. The highest BCUT2D eigenvalue weighted by atomic mass is 35.5. The summed E-state index contributed by atoms with van der Waals surface area (Å²) >= 11 is 5.79. The molecule has 3 heteroatoms. The molecule has 2 nitrogen and oxygen atoms in total. The topological polar surface area (TPSA) is 37.3 Å². The zero-order valence-corrected chi connectivity index (χ0v) is 10.7. The number of allylic oxidation sites excluding steroid dienone is 2. The van der Waals surface area contributed by atoms with Crippen molar-refractivity contribution < 1.29 is 9.90 Å². The minimum Gasteiger partial charge on any atom is -0.384 e. The van der Waals surface area contributed by atoms with Gasteiger partial charge in [0, 0.05) is 17.0 Å². The van der Waals surface area contributed by atoms with Crippen molar-refractivity contribution in [3.63, 3.8) is 0 Å². The maximum atomic E-state index is 11.9. The quantitative estimate of drug-likeness (QED) is 0.844. The zero-order valence-electron chi connectivity index (χ0n) is 9.97. The molecule has 0 saturated heterocycles. The second-order valence-electron chi connectivity index (χ2n) is 4.49. The van der Waals surface area contributed by atoms with E-state index in [9.17, 15) is 9.90 Å². The summed E-state index contributed by atoms with van der Waals surface area (Å²) < 4.78 is 0. The molecule has 18 heavy (non-hydrogen) atoms. The predicted molar refractivity (Wildman–Crippen MR) is 72.4 cm³/mol. The summed E-state index contributed by atoms with van der Waals surface area (Å²) in [6.07, 6.45) is 4.04. The van der Waals surface area contributed by atoms with Crippen molar-refractivity contribution in [1.29, 1.82) is 0 Å². The number of Topliss-reactive ketones (excluding diaryl/α,β-unsaturated/α-hetero) is 1. The Kier molecular flexibility index (Phi) is 4.00. The number of hydrogen-bond acceptors (Lipinski definition) is 2. The van der Waals surface area contributed by atoms with Crippen molar-refractivity contribution in [3.05, 3.63) is 59.2 Å². The third-order valence-electron chi connectivity index (χ3n) is 3.13. The van der Waals surface area contributed by atoms with Crippen molar-refractivity contribution in [3.8, 4) is 0 Å². The van der Waals surface area contributed by atoms with Crippen LogP contribution in [0.1, 0.15) is 24.5 Å². The molecule has 0 aliphatic heterocycles. The van der Waals surface area contributed by atoms with Crippen LogP contribution in [-0.2, 0) is 4.79 Å². The first-order chi connectivity index (χ1) is 8.61. The Morgan fingerprint density at radius 3 is 2.72 bits per heavy atom. The lowest BCUT2D eigenvalue weighted by Crippen LogP contribution is -2.07. The van der Waals surface area contributed by atoms with Crippen LogP contribution in [0.15, 0.2) is 48.6 Å². The van der Waals surface area contributed by atoms with Gasteiger partial charge in [0.2, 0.25) is 0 Å². The molecule has 0 bridgehead atoms. The average Bonchev–Trinajstić information content (AvgIpc) is 2.71. The number of halogens is 1. The first-order valence-electron chi connectivity index (χ1n) is 5.91. The van der Waals surface area contributed by atoms with Crippen LogP contribution in [-0.4, -0.2) is 10.9 Å². The Hall–Kier alpha value is -1.38. The normalized spacial score (nSPS) is 20.7. The Bertz CT molecular complexity index is 488. The standard InChI is InChI=1S/C15H15ClO2/c1-2-3-10-8-13(14(17)9-10)15(18)11-4-6-12(16)7-5-11/h2,4-8,10,15,18H,1,3,9H2. The highest BCUT2D eigenvalue weighted by Gasteiger charge is 2.28. The van der Waals surface area contributed by atoms with Gasteiger partial charge in [0.25, 0.3) is 0 Å².